The average Bonchev–Trinajstić information content (AvgIpc) is 3.28. The molecule has 3 aromatic rings. The second kappa shape index (κ2) is 7.68. The van der Waals surface area contributed by atoms with Crippen molar-refractivity contribution >= 4 is 0 Å². The van der Waals surface area contributed by atoms with Crippen LogP contribution < -0.4 is 4.74 Å². The van der Waals surface area contributed by atoms with Crippen molar-refractivity contribution < 1.29 is 14.2 Å². The summed E-state index contributed by atoms with van der Waals surface area (Å²) in [5.74, 6) is 0.402. The number of alkyl halides is 1. The molecule has 156 valence electrons. The maximum atomic E-state index is 15.0. The SMILES string of the molecule is CN1[C@@H]2CCC[C@H]1[C@@H](F)[C@H](Oc1ccc(-c3ccc(-n4ccnc4)cc3O)nn1)C2. The summed E-state index contributed by atoms with van der Waals surface area (Å²) in [6.45, 7) is 0. The zero-order valence-electron chi connectivity index (χ0n) is 16.7. The van der Waals surface area contributed by atoms with Crippen LogP contribution in [0, 0.1) is 0 Å². The van der Waals surface area contributed by atoms with E-state index in [0.29, 0.717) is 29.6 Å². The summed E-state index contributed by atoms with van der Waals surface area (Å²) in [6.07, 6.45) is 7.29. The zero-order valence-corrected chi connectivity index (χ0v) is 16.7. The van der Waals surface area contributed by atoms with Crippen LogP contribution in [0.1, 0.15) is 25.7 Å². The number of phenolic OH excluding ortho intramolecular Hbond substituents is 1. The van der Waals surface area contributed by atoms with E-state index in [0.717, 1.165) is 24.9 Å². The molecule has 0 unspecified atom stereocenters. The van der Waals surface area contributed by atoms with Crippen LogP contribution in [0.25, 0.3) is 16.9 Å². The monoisotopic (exact) mass is 409 g/mol. The lowest BCUT2D eigenvalue weighted by atomic mass is 9.82. The number of ether oxygens (including phenoxy) is 1. The Balaban J connectivity index is 1.31. The van der Waals surface area contributed by atoms with Gasteiger partial charge >= 0.3 is 0 Å². The molecule has 2 aliphatic rings. The molecule has 2 saturated heterocycles. The summed E-state index contributed by atoms with van der Waals surface area (Å²) in [4.78, 5) is 6.18. The van der Waals surface area contributed by atoms with Crippen molar-refractivity contribution in [1.82, 2.24) is 24.6 Å². The Kier molecular flexibility index (Phi) is 4.86. The maximum absolute atomic E-state index is 15.0. The Labute approximate surface area is 174 Å². The van der Waals surface area contributed by atoms with Gasteiger partial charge in [-0.3, -0.25) is 4.90 Å². The number of hydrogen-bond acceptors (Lipinski definition) is 6. The first kappa shape index (κ1) is 19.0. The fraction of sp³-hybridized carbons (Fsp3) is 0.409. The van der Waals surface area contributed by atoms with Gasteiger partial charge in [-0.2, -0.15) is 0 Å². The van der Waals surface area contributed by atoms with E-state index in [1.165, 1.54) is 0 Å². The normalized spacial score (nSPS) is 26.5. The Hall–Kier alpha value is -3.00. The summed E-state index contributed by atoms with van der Waals surface area (Å²) in [5.41, 5.74) is 1.88. The van der Waals surface area contributed by atoms with Gasteiger partial charge in [0.25, 0.3) is 0 Å². The number of halogens is 1. The number of aromatic hydroxyl groups is 1. The van der Waals surface area contributed by atoms with Crippen LogP contribution in [-0.2, 0) is 0 Å². The lowest BCUT2D eigenvalue weighted by Crippen LogP contribution is -2.59. The summed E-state index contributed by atoms with van der Waals surface area (Å²) in [5, 5.41) is 18.8. The second-order valence-corrected chi connectivity index (χ2v) is 8.08. The minimum absolute atomic E-state index is 0.0827. The van der Waals surface area contributed by atoms with Gasteiger partial charge < -0.3 is 14.4 Å². The summed E-state index contributed by atoms with van der Waals surface area (Å²) in [6, 6.07) is 9.00. The number of hydrogen-bond donors (Lipinski definition) is 1. The van der Waals surface area contributed by atoms with E-state index in [-0.39, 0.29) is 11.8 Å². The molecular weight excluding hydrogens is 385 g/mol. The number of benzene rings is 1. The van der Waals surface area contributed by atoms with E-state index in [1.807, 2.05) is 13.1 Å². The van der Waals surface area contributed by atoms with Crippen molar-refractivity contribution in [3.05, 3.63) is 49.1 Å². The molecule has 2 aromatic heterocycles. The third-order valence-electron chi connectivity index (χ3n) is 6.34. The number of rotatable bonds is 4. The molecule has 0 amide bonds. The van der Waals surface area contributed by atoms with Crippen molar-refractivity contribution in [2.24, 2.45) is 0 Å². The first-order chi connectivity index (χ1) is 14.6. The molecule has 2 aliphatic heterocycles. The lowest BCUT2D eigenvalue weighted by molar-refractivity contribution is -0.0640. The molecule has 1 N–H and O–H groups in total. The molecule has 2 bridgehead atoms. The third kappa shape index (κ3) is 3.41. The van der Waals surface area contributed by atoms with Gasteiger partial charge in [-0.05, 0) is 38.1 Å². The number of piperidine rings is 2. The molecule has 0 spiro atoms. The topological polar surface area (TPSA) is 76.3 Å². The number of nitrogens with zero attached hydrogens (tertiary/aromatic N) is 5. The number of fused-ring (bicyclic) bond motifs is 2. The molecule has 5 rings (SSSR count). The number of imidazole rings is 1. The predicted molar refractivity (Wildman–Crippen MR) is 109 cm³/mol. The molecule has 4 heterocycles. The highest BCUT2D eigenvalue weighted by Crippen LogP contribution is 2.36. The van der Waals surface area contributed by atoms with E-state index in [9.17, 15) is 9.50 Å². The Morgan fingerprint density at radius 2 is 2.07 bits per heavy atom. The van der Waals surface area contributed by atoms with Crippen LogP contribution in [0.5, 0.6) is 11.6 Å². The highest BCUT2D eigenvalue weighted by molar-refractivity contribution is 5.68. The van der Waals surface area contributed by atoms with Crippen LogP contribution in [0.2, 0.25) is 0 Å². The Morgan fingerprint density at radius 3 is 2.80 bits per heavy atom. The fourth-order valence-electron chi connectivity index (χ4n) is 4.66. The standard InChI is InChI=1S/C22H24FN5O2/c1-27-14-3-2-4-18(27)22(23)20(12-14)30-21-8-7-17(25-26-21)16-6-5-15(11-19(16)29)28-10-9-24-13-28/h5-11,13-14,18,20,22,29H,2-4,12H2,1H3/t14-,18+,20-,22-/m1/s1. The molecule has 30 heavy (non-hydrogen) atoms. The van der Waals surface area contributed by atoms with Crippen LogP contribution in [0.15, 0.2) is 49.1 Å². The minimum atomic E-state index is -1.03. The first-order valence-electron chi connectivity index (χ1n) is 10.3. The van der Waals surface area contributed by atoms with Crippen molar-refractivity contribution in [2.45, 2.75) is 50.0 Å². The van der Waals surface area contributed by atoms with Crippen molar-refractivity contribution in [3.8, 4) is 28.6 Å². The van der Waals surface area contributed by atoms with E-state index >= 15 is 0 Å². The molecular formula is C22H24FN5O2. The van der Waals surface area contributed by atoms with Crippen LogP contribution in [0.3, 0.4) is 0 Å². The zero-order chi connectivity index (χ0) is 20.7. The van der Waals surface area contributed by atoms with Gasteiger partial charge in [0.05, 0.1) is 17.7 Å². The number of phenols is 1. The summed E-state index contributed by atoms with van der Waals surface area (Å²) < 4.78 is 22.6. The highest BCUT2D eigenvalue weighted by atomic mass is 19.1. The van der Waals surface area contributed by atoms with Crippen molar-refractivity contribution in [1.29, 1.82) is 0 Å². The molecule has 0 aliphatic carbocycles. The fourth-order valence-corrected chi connectivity index (χ4v) is 4.66. The molecule has 7 nitrogen and oxygen atoms in total. The molecule has 4 atom stereocenters. The average molecular weight is 409 g/mol. The minimum Gasteiger partial charge on any atom is -0.507 e. The van der Waals surface area contributed by atoms with Crippen molar-refractivity contribution in [3.63, 3.8) is 0 Å². The summed E-state index contributed by atoms with van der Waals surface area (Å²) in [7, 11) is 2.01. The maximum Gasteiger partial charge on any atom is 0.233 e. The van der Waals surface area contributed by atoms with E-state index in [4.69, 9.17) is 4.74 Å². The van der Waals surface area contributed by atoms with Gasteiger partial charge in [0.2, 0.25) is 5.88 Å². The van der Waals surface area contributed by atoms with Gasteiger partial charge in [-0.1, -0.05) is 6.42 Å². The summed E-state index contributed by atoms with van der Waals surface area (Å²) >= 11 is 0. The first-order valence-corrected chi connectivity index (χ1v) is 10.3. The van der Waals surface area contributed by atoms with Gasteiger partial charge in [-0.25, -0.2) is 9.37 Å². The second-order valence-electron chi connectivity index (χ2n) is 8.08. The highest BCUT2D eigenvalue weighted by Gasteiger charge is 2.45. The molecule has 1 aromatic carbocycles. The quantitative estimate of drug-likeness (QED) is 0.712. The molecule has 8 heteroatoms. The van der Waals surface area contributed by atoms with Crippen LogP contribution >= 0.6 is 0 Å². The lowest BCUT2D eigenvalue weighted by Gasteiger charge is -2.48. The van der Waals surface area contributed by atoms with Gasteiger partial charge in [0, 0.05) is 48.6 Å². The van der Waals surface area contributed by atoms with E-state index < -0.39 is 12.3 Å². The van der Waals surface area contributed by atoms with Crippen LogP contribution in [-0.4, -0.2) is 61.2 Å². The van der Waals surface area contributed by atoms with Crippen molar-refractivity contribution in [2.75, 3.05) is 7.05 Å². The Bertz CT molecular complexity index is 1010. The smallest absolute Gasteiger partial charge is 0.233 e. The van der Waals surface area contributed by atoms with Gasteiger partial charge in [0.15, 0.2) is 6.17 Å². The molecule has 0 saturated carbocycles. The largest absolute Gasteiger partial charge is 0.507 e. The Morgan fingerprint density at radius 1 is 1.17 bits per heavy atom. The molecule has 2 fully saturated rings. The third-order valence-corrected chi connectivity index (χ3v) is 6.34. The predicted octanol–water partition coefficient (Wildman–Crippen LogP) is 3.38. The van der Waals surface area contributed by atoms with Gasteiger partial charge in [-0.15, -0.1) is 10.2 Å². The van der Waals surface area contributed by atoms with E-state index in [2.05, 4.69) is 20.1 Å². The van der Waals surface area contributed by atoms with E-state index in [1.54, 1.807) is 47.6 Å². The number of aromatic nitrogens is 4. The van der Waals surface area contributed by atoms with Crippen LogP contribution in [0.4, 0.5) is 4.39 Å². The molecule has 0 radical (unpaired) electrons. The van der Waals surface area contributed by atoms with Gasteiger partial charge in [0.1, 0.15) is 11.9 Å².